The summed E-state index contributed by atoms with van der Waals surface area (Å²) < 4.78 is 0. The van der Waals surface area contributed by atoms with Crippen molar-refractivity contribution in [2.75, 3.05) is 0 Å². The van der Waals surface area contributed by atoms with Gasteiger partial charge in [0, 0.05) is 0 Å². The smallest absolute Gasteiger partial charge is 0.0776 e. The van der Waals surface area contributed by atoms with Crippen LogP contribution in [0.1, 0.15) is 22.3 Å². The molecule has 0 rings (SSSR count). The lowest BCUT2D eigenvalue weighted by Gasteiger charge is -0.198. The third-order valence-corrected chi connectivity index (χ3v) is 0. The second-order valence-corrected chi connectivity index (χ2v) is 0. The van der Waals surface area contributed by atoms with Gasteiger partial charge in [-0.2, -0.15) is 27.0 Å². The quantitative estimate of drug-likeness (QED) is 0.455. The maximum absolute atomic E-state index is 0. The molecule has 0 unspecified atom stereocenters. The summed E-state index contributed by atoms with van der Waals surface area (Å²) in [6.45, 7) is 0. The number of rotatable bonds is 0. The van der Waals surface area contributed by atoms with E-state index in [1.807, 2.05) is 0 Å². The molecule has 0 N–H and O–H groups in total. The highest BCUT2D eigenvalue weighted by Crippen LogP contribution is 0.649. The van der Waals surface area contributed by atoms with Crippen molar-refractivity contribution in [3.63, 3.8) is 0 Å². The first-order valence-corrected chi connectivity index (χ1v) is 0. The van der Waals surface area contributed by atoms with Crippen molar-refractivity contribution in [3.8, 4) is 0 Å². The highest BCUT2D eigenvalue weighted by Gasteiger charge is -0.0755. The van der Waals surface area contributed by atoms with Crippen LogP contribution in [-0.4, -0.2) is 0 Å². The highest BCUT2D eigenvalue weighted by atomic mass is 32.1. The molecule has 0 spiro atoms. The third-order valence-electron chi connectivity index (χ3n) is 0. The summed E-state index contributed by atoms with van der Waals surface area (Å²) in [7, 11) is 0. The molecule has 5 heavy (non-hydrogen) atoms. The zero-order valence-corrected chi connectivity index (χ0v) is 3.00. The Kier molecular flexibility index (Phi) is 6750. The Bertz CT molecular complexity index is 4.85. The van der Waals surface area contributed by atoms with Crippen molar-refractivity contribution in [1.82, 2.24) is 0 Å². The fourth-order valence-corrected chi connectivity index (χ4v) is 0. The van der Waals surface area contributed by atoms with E-state index >= 15 is 0 Å². The van der Waals surface area contributed by atoms with Gasteiger partial charge in [-0.25, -0.2) is 0 Å². The van der Waals surface area contributed by atoms with Gasteiger partial charge in [0.05, 0.1) is 0 Å². The zero-order chi connectivity index (χ0) is 0. The fourth-order valence-electron chi connectivity index (χ4n) is 0. The van der Waals surface area contributed by atoms with Crippen LogP contribution in [0, 0.1) is 0 Å². The van der Waals surface area contributed by atoms with Crippen LogP contribution in [0.3, 0.4) is 0 Å². The average molecular weight is 116 g/mol. The summed E-state index contributed by atoms with van der Waals surface area (Å²) >= 11 is 0. The van der Waals surface area contributed by atoms with Crippen LogP contribution in [0.2, 0.25) is 0 Å². The molecule has 0 aliphatic rings. The van der Waals surface area contributed by atoms with Gasteiger partial charge in [-0.15, -0.1) is 0 Å². The summed E-state index contributed by atoms with van der Waals surface area (Å²) in [5, 5.41) is 0. The Morgan fingerprint density at radius 3 is 0.400 bits per heavy atom. The van der Waals surface area contributed by atoms with E-state index in [4.69, 9.17) is 0 Å². The summed E-state index contributed by atoms with van der Waals surface area (Å²) in [5.41, 5.74) is 0. The molecule has 0 heterocycles. The molecule has 0 aliphatic carbocycles. The second-order valence-electron chi connectivity index (χ2n) is 0. The maximum Gasteiger partial charge on any atom is -0.0776 e. The molecular weight excluding hydrogens is 100 g/mol. The Morgan fingerprint density at radius 2 is 0.400 bits per heavy atom. The summed E-state index contributed by atoms with van der Waals surface area (Å²) in [4.78, 5) is 0. The molecule has 0 atom stereocenters. The molecule has 0 bridgehead atoms. The van der Waals surface area contributed by atoms with Gasteiger partial charge >= 0.3 is 0 Å². The van der Waals surface area contributed by atoms with E-state index in [-0.39, 0.29) is 49.3 Å². The van der Waals surface area contributed by atoms with Crippen molar-refractivity contribution in [2.45, 2.75) is 22.3 Å². The van der Waals surface area contributed by atoms with E-state index < -0.39 is 0 Å². The SMILES string of the molecule is C.C.C.S.S. The first kappa shape index (κ1) is 257. The normalized spacial score (nSPS) is 0. The Morgan fingerprint density at radius 1 is 0.400 bits per heavy atom. The summed E-state index contributed by atoms with van der Waals surface area (Å²) in [6, 6.07) is 0. The van der Waals surface area contributed by atoms with E-state index in [1.54, 1.807) is 0 Å². The lowest BCUT2D eigenvalue weighted by Crippen LogP contribution is 0.143. The molecule has 0 saturated carbocycles. The molecule has 2 heteroatoms. The average Bonchev–Trinajstić information content (AvgIpc) is 0. The standard InChI is InChI=1S/3CH4.2H2S/h3*1H4;2*1H2. The van der Waals surface area contributed by atoms with Crippen LogP contribution < -0.4 is 0 Å². The lowest BCUT2D eigenvalue weighted by molar-refractivity contribution is 2.50. The van der Waals surface area contributed by atoms with Crippen LogP contribution >= 0.6 is 27.0 Å². The monoisotopic (exact) mass is 116 g/mol. The van der Waals surface area contributed by atoms with Crippen LogP contribution in [0.25, 0.3) is 0 Å². The molecule has 40 valence electrons. The molecule has 0 aromatic carbocycles. The van der Waals surface area contributed by atoms with E-state index in [1.165, 1.54) is 0 Å². The summed E-state index contributed by atoms with van der Waals surface area (Å²) in [6.07, 6.45) is 0. The second kappa shape index (κ2) is 131. The van der Waals surface area contributed by atoms with E-state index in [0.29, 0.717) is 0 Å². The predicted octanol–water partition coefficient (Wildman–Crippen LogP) is 2.13. The fraction of sp³-hybridized carbons (Fsp3) is 1.00. The first-order valence-electron chi connectivity index (χ1n) is 0. The molecule has 0 aliphatic heterocycles. The van der Waals surface area contributed by atoms with Crippen LogP contribution in [0.15, 0.2) is 0 Å². The highest BCUT2D eigenvalue weighted by molar-refractivity contribution is 7.59. The lowest BCUT2D eigenvalue weighted by atomic mass is 12.0. The molecule has 0 aromatic heterocycles. The number of hydrogen-bond donors (Lipinski definition) is 0. The first-order chi connectivity index (χ1) is 0. The minimum absolute atomic E-state index is 0. The van der Waals surface area contributed by atoms with Crippen LogP contribution in [0.4, 0.5) is 0 Å². The molecule has 0 aromatic rings. The van der Waals surface area contributed by atoms with Gasteiger partial charge in [0.25, 0.3) is 0 Å². The maximum atomic E-state index is 0. The van der Waals surface area contributed by atoms with Crippen molar-refractivity contribution in [1.29, 1.82) is 0 Å². The summed E-state index contributed by atoms with van der Waals surface area (Å²) in [5.74, 6) is 0. The van der Waals surface area contributed by atoms with Crippen molar-refractivity contribution >= 4 is 27.0 Å². The van der Waals surface area contributed by atoms with Gasteiger partial charge in [-0.3, -0.25) is 0 Å². The molecule has 0 amide bonds. The van der Waals surface area contributed by atoms with Gasteiger partial charge in [-0.05, 0) is 0 Å². The van der Waals surface area contributed by atoms with E-state index in [2.05, 4.69) is 0 Å². The van der Waals surface area contributed by atoms with Gasteiger partial charge in [0.2, 0.25) is 0 Å². The minimum atomic E-state index is 0. The van der Waals surface area contributed by atoms with E-state index in [0.717, 1.165) is 0 Å². The number of hydrogen-bond acceptors (Lipinski definition) is 0. The third kappa shape index (κ3) is 69.9. The Hall–Kier alpha value is 0.700. The molecule has 0 fully saturated rings. The Balaban J connectivity index is 0. The molecule has 0 saturated heterocycles. The van der Waals surface area contributed by atoms with Gasteiger partial charge in [0.1, 0.15) is 0 Å². The van der Waals surface area contributed by atoms with Gasteiger partial charge in [0.15, 0.2) is 0 Å². The van der Waals surface area contributed by atoms with Crippen molar-refractivity contribution < 1.29 is 0 Å². The van der Waals surface area contributed by atoms with Crippen molar-refractivity contribution in [3.05, 3.63) is 0 Å². The topological polar surface area (TPSA) is 0 Å². The van der Waals surface area contributed by atoms with Gasteiger partial charge < -0.3 is 0 Å². The minimum Gasteiger partial charge on any atom is -0.197 e. The van der Waals surface area contributed by atoms with Gasteiger partial charge in [-0.1, -0.05) is 22.3 Å². The zero-order valence-electron chi connectivity index (χ0n) is 1.00. The largest absolute Gasteiger partial charge is 0.197 e. The molecule has 0 radical (unpaired) electrons. The van der Waals surface area contributed by atoms with E-state index in [9.17, 15) is 0 Å². The Labute approximate surface area is 49.9 Å². The van der Waals surface area contributed by atoms with Crippen molar-refractivity contribution in [2.24, 2.45) is 0 Å². The van der Waals surface area contributed by atoms with Crippen LogP contribution in [0.5, 0.6) is 0 Å². The van der Waals surface area contributed by atoms with Crippen LogP contribution in [-0.2, 0) is 0 Å². The molecular formula is C3H16S2. The predicted molar refractivity (Wildman–Crippen MR) is 41.0 cm³/mol. The molecule has 0 nitrogen and oxygen atoms in total.